The van der Waals surface area contributed by atoms with E-state index in [2.05, 4.69) is 20.7 Å². The van der Waals surface area contributed by atoms with E-state index in [4.69, 9.17) is 0 Å². The summed E-state index contributed by atoms with van der Waals surface area (Å²) in [4.78, 5) is 1.53. The lowest BCUT2D eigenvalue weighted by Gasteiger charge is -2.16. The fraction of sp³-hybridized carbons (Fsp3) is 0.889. The van der Waals surface area contributed by atoms with Crippen LogP contribution in [0.4, 0.5) is 0 Å². The Labute approximate surface area is 83.9 Å². The third-order valence-electron chi connectivity index (χ3n) is 3.02. The highest BCUT2D eigenvalue weighted by Crippen LogP contribution is 2.27. The van der Waals surface area contributed by atoms with Gasteiger partial charge in [0, 0.05) is 12.5 Å². The standard InChI is InChI=1S/C9H17N5/c1-10-8-5-3-4-7(8)6-9-11-13-14(2)12-9/h7-8,10H,3-6H2,1-2H3. The first-order valence-electron chi connectivity index (χ1n) is 5.19. The first-order chi connectivity index (χ1) is 6.79. The van der Waals surface area contributed by atoms with E-state index >= 15 is 0 Å². The number of nitrogens with one attached hydrogen (secondary N) is 1. The Morgan fingerprint density at radius 2 is 2.36 bits per heavy atom. The number of hydrogen-bond acceptors (Lipinski definition) is 4. The van der Waals surface area contributed by atoms with Crippen LogP contribution in [0.15, 0.2) is 0 Å². The molecule has 1 fully saturated rings. The molecule has 2 unspecified atom stereocenters. The predicted molar refractivity (Wildman–Crippen MR) is 52.7 cm³/mol. The highest BCUT2D eigenvalue weighted by atomic mass is 15.6. The summed E-state index contributed by atoms with van der Waals surface area (Å²) in [6, 6.07) is 0.638. The molecule has 1 aliphatic rings. The lowest BCUT2D eigenvalue weighted by Crippen LogP contribution is -2.30. The molecule has 2 rings (SSSR count). The van der Waals surface area contributed by atoms with Crippen LogP contribution in [0.2, 0.25) is 0 Å². The van der Waals surface area contributed by atoms with Gasteiger partial charge in [-0.1, -0.05) is 6.42 Å². The molecule has 0 saturated heterocycles. The van der Waals surface area contributed by atoms with E-state index < -0.39 is 0 Å². The number of aryl methyl sites for hydroxylation is 1. The fourth-order valence-corrected chi connectivity index (χ4v) is 2.30. The zero-order valence-corrected chi connectivity index (χ0v) is 8.77. The predicted octanol–water partition coefficient (Wildman–Crippen LogP) is 0.141. The van der Waals surface area contributed by atoms with Crippen molar-refractivity contribution in [3.63, 3.8) is 0 Å². The topological polar surface area (TPSA) is 55.6 Å². The van der Waals surface area contributed by atoms with Gasteiger partial charge >= 0.3 is 0 Å². The van der Waals surface area contributed by atoms with Gasteiger partial charge in [0.2, 0.25) is 0 Å². The van der Waals surface area contributed by atoms with Crippen LogP contribution in [0.3, 0.4) is 0 Å². The summed E-state index contributed by atoms with van der Waals surface area (Å²) in [6.07, 6.45) is 4.83. The molecule has 0 spiro atoms. The van der Waals surface area contributed by atoms with Crippen LogP contribution in [0.5, 0.6) is 0 Å². The van der Waals surface area contributed by atoms with Crippen molar-refractivity contribution < 1.29 is 0 Å². The van der Waals surface area contributed by atoms with Crippen LogP contribution >= 0.6 is 0 Å². The van der Waals surface area contributed by atoms with Crippen LogP contribution in [0, 0.1) is 5.92 Å². The zero-order valence-electron chi connectivity index (χ0n) is 8.77. The Bertz CT molecular complexity index is 295. The molecule has 0 bridgehead atoms. The lowest BCUT2D eigenvalue weighted by atomic mass is 9.99. The monoisotopic (exact) mass is 195 g/mol. The van der Waals surface area contributed by atoms with Crippen LogP contribution < -0.4 is 5.32 Å². The van der Waals surface area contributed by atoms with E-state index in [9.17, 15) is 0 Å². The molecule has 1 heterocycles. The van der Waals surface area contributed by atoms with Gasteiger partial charge in [0.15, 0.2) is 5.82 Å². The molecule has 0 radical (unpaired) electrons. The third kappa shape index (κ3) is 1.92. The second-order valence-corrected chi connectivity index (χ2v) is 3.99. The molecule has 14 heavy (non-hydrogen) atoms. The molecule has 0 aliphatic heterocycles. The molecule has 5 nitrogen and oxygen atoms in total. The summed E-state index contributed by atoms with van der Waals surface area (Å²) in [6.45, 7) is 0. The molecule has 1 aromatic rings. The number of nitrogens with zero attached hydrogens (tertiary/aromatic N) is 4. The lowest BCUT2D eigenvalue weighted by molar-refractivity contribution is 0.415. The van der Waals surface area contributed by atoms with Crippen molar-refractivity contribution >= 4 is 0 Å². The fourth-order valence-electron chi connectivity index (χ4n) is 2.30. The van der Waals surface area contributed by atoms with E-state index in [1.165, 1.54) is 24.1 Å². The van der Waals surface area contributed by atoms with E-state index in [1.54, 1.807) is 7.05 Å². The van der Waals surface area contributed by atoms with Crippen LogP contribution in [0.25, 0.3) is 0 Å². The Morgan fingerprint density at radius 1 is 1.50 bits per heavy atom. The normalized spacial score (nSPS) is 27.0. The van der Waals surface area contributed by atoms with E-state index in [1.807, 2.05) is 7.05 Å². The summed E-state index contributed by atoms with van der Waals surface area (Å²) in [5.41, 5.74) is 0. The molecule has 1 N–H and O–H groups in total. The molecule has 0 amide bonds. The summed E-state index contributed by atoms with van der Waals surface area (Å²) in [5, 5.41) is 15.4. The van der Waals surface area contributed by atoms with E-state index in [-0.39, 0.29) is 0 Å². The third-order valence-corrected chi connectivity index (χ3v) is 3.02. The summed E-state index contributed by atoms with van der Waals surface area (Å²) >= 11 is 0. The molecule has 1 saturated carbocycles. The Kier molecular flexibility index (Phi) is 2.77. The maximum atomic E-state index is 4.21. The van der Waals surface area contributed by atoms with Crippen LogP contribution in [-0.4, -0.2) is 33.3 Å². The number of aromatic nitrogens is 4. The quantitative estimate of drug-likeness (QED) is 0.745. The van der Waals surface area contributed by atoms with Crippen molar-refractivity contribution in [2.75, 3.05) is 7.05 Å². The van der Waals surface area contributed by atoms with Crippen LogP contribution in [-0.2, 0) is 13.5 Å². The largest absolute Gasteiger partial charge is 0.317 e. The summed E-state index contributed by atoms with van der Waals surface area (Å²) in [5.74, 6) is 1.56. The van der Waals surface area contributed by atoms with E-state index in [0.29, 0.717) is 12.0 Å². The van der Waals surface area contributed by atoms with Crippen molar-refractivity contribution in [3.8, 4) is 0 Å². The first kappa shape index (κ1) is 9.58. The second kappa shape index (κ2) is 4.04. The zero-order chi connectivity index (χ0) is 9.97. The van der Waals surface area contributed by atoms with Crippen LogP contribution in [0.1, 0.15) is 25.1 Å². The first-order valence-corrected chi connectivity index (χ1v) is 5.19. The van der Waals surface area contributed by atoms with Gasteiger partial charge < -0.3 is 5.32 Å². The van der Waals surface area contributed by atoms with Gasteiger partial charge in [-0.05, 0) is 31.0 Å². The number of hydrogen-bond donors (Lipinski definition) is 1. The summed E-state index contributed by atoms with van der Waals surface area (Å²) in [7, 11) is 3.84. The molecular formula is C9H17N5. The van der Waals surface area contributed by atoms with Crippen molar-refractivity contribution in [2.24, 2.45) is 13.0 Å². The van der Waals surface area contributed by atoms with Gasteiger partial charge in [0.1, 0.15) is 0 Å². The molecule has 0 aromatic carbocycles. The molecular weight excluding hydrogens is 178 g/mol. The Morgan fingerprint density at radius 3 is 3.00 bits per heavy atom. The Hall–Kier alpha value is -0.970. The van der Waals surface area contributed by atoms with Gasteiger partial charge in [-0.15, -0.1) is 10.2 Å². The highest BCUT2D eigenvalue weighted by Gasteiger charge is 2.27. The van der Waals surface area contributed by atoms with Gasteiger partial charge in [-0.3, -0.25) is 0 Å². The smallest absolute Gasteiger partial charge is 0.175 e. The second-order valence-electron chi connectivity index (χ2n) is 3.99. The molecule has 2 atom stereocenters. The SMILES string of the molecule is CNC1CCCC1Cc1nnn(C)n1. The van der Waals surface area contributed by atoms with Crippen molar-refractivity contribution in [1.82, 2.24) is 25.5 Å². The Balaban J connectivity index is 1.96. The molecule has 1 aromatic heterocycles. The van der Waals surface area contributed by atoms with Gasteiger partial charge in [-0.25, -0.2) is 0 Å². The average Bonchev–Trinajstić information content (AvgIpc) is 2.76. The van der Waals surface area contributed by atoms with Crippen molar-refractivity contribution in [1.29, 1.82) is 0 Å². The average molecular weight is 195 g/mol. The maximum Gasteiger partial charge on any atom is 0.175 e. The number of tetrazole rings is 1. The van der Waals surface area contributed by atoms with Gasteiger partial charge in [0.25, 0.3) is 0 Å². The molecule has 1 aliphatic carbocycles. The van der Waals surface area contributed by atoms with Gasteiger partial charge in [0.05, 0.1) is 7.05 Å². The van der Waals surface area contributed by atoms with Crippen molar-refractivity contribution in [3.05, 3.63) is 5.82 Å². The van der Waals surface area contributed by atoms with E-state index in [0.717, 1.165) is 12.2 Å². The molecule has 5 heteroatoms. The minimum Gasteiger partial charge on any atom is -0.317 e. The van der Waals surface area contributed by atoms with Gasteiger partial charge in [-0.2, -0.15) is 4.80 Å². The minimum atomic E-state index is 0.638. The maximum absolute atomic E-state index is 4.21. The number of rotatable bonds is 3. The summed E-state index contributed by atoms with van der Waals surface area (Å²) < 4.78 is 0. The minimum absolute atomic E-state index is 0.638. The molecule has 78 valence electrons. The van der Waals surface area contributed by atoms with Crippen molar-refractivity contribution in [2.45, 2.75) is 31.7 Å². The highest BCUT2D eigenvalue weighted by molar-refractivity contribution is 4.90.